The predicted octanol–water partition coefficient (Wildman–Crippen LogP) is 4.12. The fourth-order valence-corrected chi connectivity index (χ4v) is 4.16. The Bertz CT molecular complexity index is 1120. The summed E-state index contributed by atoms with van der Waals surface area (Å²) in [6.07, 6.45) is 3.19. The summed E-state index contributed by atoms with van der Waals surface area (Å²) in [6.45, 7) is 3.56. The number of aromatic nitrogens is 1. The first-order valence-electron chi connectivity index (χ1n) is 10.0. The van der Waals surface area contributed by atoms with Crippen molar-refractivity contribution in [1.82, 2.24) is 9.88 Å². The van der Waals surface area contributed by atoms with E-state index in [-0.39, 0.29) is 5.91 Å². The number of hydrogen-bond donors (Lipinski definition) is 1. The smallest absolute Gasteiger partial charge is 0.252 e. The molecule has 0 unspecified atom stereocenters. The number of fused-ring (bicyclic) bond motifs is 1. The van der Waals surface area contributed by atoms with Crippen LogP contribution in [0, 0.1) is 0 Å². The lowest BCUT2D eigenvalue weighted by Gasteiger charge is -2.15. The van der Waals surface area contributed by atoms with Crippen molar-refractivity contribution in [3.63, 3.8) is 0 Å². The molecule has 0 bridgehead atoms. The van der Waals surface area contributed by atoms with E-state index in [1.807, 2.05) is 24.3 Å². The molecule has 3 aromatic rings. The van der Waals surface area contributed by atoms with Crippen molar-refractivity contribution in [2.24, 2.45) is 0 Å². The number of nitrogens with zero attached hydrogens (tertiary/aromatic N) is 1. The van der Waals surface area contributed by atoms with E-state index in [1.165, 1.54) is 5.52 Å². The van der Waals surface area contributed by atoms with Gasteiger partial charge in [0, 0.05) is 35.8 Å². The number of benzene rings is 2. The number of carbonyl (C=O) groups excluding carboxylic acids is 1. The van der Waals surface area contributed by atoms with Crippen LogP contribution in [-0.2, 0) is 11.3 Å². The lowest BCUT2D eigenvalue weighted by atomic mass is 9.96. The summed E-state index contributed by atoms with van der Waals surface area (Å²) in [5.74, 6) is 1.44. The zero-order valence-corrected chi connectivity index (χ0v) is 17.7. The van der Waals surface area contributed by atoms with Crippen molar-refractivity contribution < 1.29 is 19.0 Å². The molecule has 1 N–H and O–H groups in total. The van der Waals surface area contributed by atoms with Crippen LogP contribution in [0.5, 0.6) is 17.2 Å². The van der Waals surface area contributed by atoms with Gasteiger partial charge in [-0.15, -0.1) is 0 Å². The van der Waals surface area contributed by atoms with Gasteiger partial charge in [-0.25, -0.2) is 0 Å². The second kappa shape index (κ2) is 8.14. The van der Waals surface area contributed by atoms with E-state index < -0.39 is 0 Å². The molecule has 1 aliphatic rings. The number of hydrogen-bond acceptors (Lipinski definition) is 4. The molecule has 30 heavy (non-hydrogen) atoms. The first kappa shape index (κ1) is 19.9. The van der Waals surface area contributed by atoms with Crippen molar-refractivity contribution in [3.05, 3.63) is 53.7 Å². The van der Waals surface area contributed by atoms with Crippen molar-refractivity contribution in [2.75, 3.05) is 27.9 Å². The maximum Gasteiger partial charge on any atom is 0.252 e. The maximum absolute atomic E-state index is 12.9. The molecular weight excluding hydrogens is 380 g/mol. The summed E-state index contributed by atoms with van der Waals surface area (Å²) >= 11 is 0. The zero-order chi connectivity index (χ0) is 21.3. The van der Waals surface area contributed by atoms with E-state index in [0.29, 0.717) is 29.4 Å². The quantitative estimate of drug-likeness (QED) is 0.641. The van der Waals surface area contributed by atoms with Gasteiger partial charge >= 0.3 is 0 Å². The second-order valence-corrected chi connectivity index (χ2v) is 7.20. The van der Waals surface area contributed by atoms with Gasteiger partial charge in [0.2, 0.25) is 5.75 Å². The summed E-state index contributed by atoms with van der Waals surface area (Å²) in [7, 11) is 4.71. The van der Waals surface area contributed by atoms with Crippen LogP contribution in [0.3, 0.4) is 0 Å². The second-order valence-electron chi connectivity index (χ2n) is 7.20. The average Bonchev–Trinajstić information content (AvgIpc) is 3.33. The molecule has 156 valence electrons. The highest BCUT2D eigenvalue weighted by molar-refractivity contribution is 6.31. The summed E-state index contributed by atoms with van der Waals surface area (Å²) < 4.78 is 18.7. The molecule has 0 atom stereocenters. The van der Waals surface area contributed by atoms with Gasteiger partial charge in [0.05, 0.1) is 26.9 Å². The van der Waals surface area contributed by atoms with Crippen molar-refractivity contribution >= 4 is 28.0 Å². The topological polar surface area (TPSA) is 61.7 Å². The predicted molar refractivity (Wildman–Crippen MR) is 118 cm³/mol. The molecule has 0 radical (unpaired) electrons. The largest absolute Gasteiger partial charge is 0.493 e. The van der Waals surface area contributed by atoms with Gasteiger partial charge in [0.1, 0.15) is 0 Å². The molecule has 0 fully saturated rings. The standard InChI is InChI=1S/C24H26N2O4/c1-5-10-26-14-18(16-8-6-7-9-19(16)26)17-13-25-24(27)22(17)15-11-20(28-2)23(30-4)21(12-15)29-3/h6-9,11-12,14H,5,10,13H2,1-4H3,(H,25,27). The molecule has 1 aromatic heterocycles. The molecular formula is C24H26N2O4. The third-order valence-electron chi connectivity index (χ3n) is 5.49. The van der Waals surface area contributed by atoms with E-state index >= 15 is 0 Å². The molecule has 4 rings (SSSR count). The van der Waals surface area contributed by atoms with Gasteiger partial charge in [0.15, 0.2) is 11.5 Å². The fraction of sp³-hybridized carbons (Fsp3) is 0.292. The zero-order valence-electron chi connectivity index (χ0n) is 17.7. The molecule has 1 aliphatic heterocycles. The average molecular weight is 406 g/mol. The molecule has 6 heteroatoms. The van der Waals surface area contributed by atoms with E-state index in [4.69, 9.17) is 14.2 Å². The van der Waals surface area contributed by atoms with E-state index in [0.717, 1.165) is 35.1 Å². The SMILES string of the molecule is CCCn1cc(C2=C(c3cc(OC)c(OC)c(OC)c3)C(=O)NC2)c2ccccc21. The number of ether oxygens (including phenoxy) is 3. The summed E-state index contributed by atoms with van der Waals surface area (Å²) in [5.41, 5.74) is 4.59. The summed E-state index contributed by atoms with van der Waals surface area (Å²) in [5, 5.41) is 4.13. The Balaban J connectivity index is 1.96. The first-order valence-corrected chi connectivity index (χ1v) is 10.0. The maximum atomic E-state index is 12.9. The van der Waals surface area contributed by atoms with E-state index in [1.54, 1.807) is 21.3 Å². The van der Waals surface area contributed by atoms with Crippen LogP contribution in [0.4, 0.5) is 0 Å². The number of aryl methyl sites for hydroxylation is 1. The van der Waals surface area contributed by atoms with Gasteiger partial charge < -0.3 is 24.1 Å². The van der Waals surface area contributed by atoms with E-state index in [9.17, 15) is 4.79 Å². The Morgan fingerprint density at radius 2 is 1.73 bits per heavy atom. The van der Waals surface area contributed by atoms with Crippen LogP contribution in [0.1, 0.15) is 24.5 Å². The summed E-state index contributed by atoms with van der Waals surface area (Å²) in [4.78, 5) is 12.9. The Hall–Kier alpha value is -3.41. The van der Waals surface area contributed by atoms with Crippen molar-refractivity contribution in [2.45, 2.75) is 19.9 Å². The molecule has 2 heterocycles. The number of nitrogens with one attached hydrogen (secondary N) is 1. The number of para-hydroxylation sites is 1. The third-order valence-corrected chi connectivity index (χ3v) is 5.49. The minimum Gasteiger partial charge on any atom is -0.493 e. The third kappa shape index (κ3) is 3.18. The highest BCUT2D eigenvalue weighted by Crippen LogP contribution is 2.43. The number of carbonyl (C=O) groups is 1. The molecule has 0 aliphatic carbocycles. The molecule has 0 saturated heterocycles. The molecule has 2 aromatic carbocycles. The normalized spacial score (nSPS) is 13.7. The highest BCUT2D eigenvalue weighted by atomic mass is 16.5. The highest BCUT2D eigenvalue weighted by Gasteiger charge is 2.29. The Morgan fingerprint density at radius 1 is 1.03 bits per heavy atom. The number of rotatable bonds is 7. The lowest BCUT2D eigenvalue weighted by Crippen LogP contribution is -2.17. The Morgan fingerprint density at radius 3 is 2.37 bits per heavy atom. The van der Waals surface area contributed by atoms with Gasteiger partial charge in [-0.2, -0.15) is 0 Å². The summed E-state index contributed by atoms with van der Waals surface area (Å²) in [6, 6.07) is 12.0. The van der Waals surface area contributed by atoms with Gasteiger partial charge in [-0.3, -0.25) is 4.79 Å². The Kier molecular flexibility index (Phi) is 5.40. The van der Waals surface area contributed by atoms with Crippen LogP contribution < -0.4 is 19.5 Å². The molecule has 0 saturated carbocycles. The first-order chi connectivity index (χ1) is 14.6. The molecule has 1 amide bonds. The van der Waals surface area contributed by atoms with Crippen LogP contribution in [0.15, 0.2) is 42.6 Å². The lowest BCUT2D eigenvalue weighted by molar-refractivity contribution is -0.114. The molecule has 6 nitrogen and oxygen atoms in total. The van der Waals surface area contributed by atoms with Crippen LogP contribution in [-0.4, -0.2) is 38.3 Å². The van der Waals surface area contributed by atoms with Crippen LogP contribution in [0.2, 0.25) is 0 Å². The molecule has 0 spiro atoms. The van der Waals surface area contributed by atoms with Crippen molar-refractivity contribution in [1.29, 1.82) is 0 Å². The van der Waals surface area contributed by atoms with Crippen LogP contribution >= 0.6 is 0 Å². The fourth-order valence-electron chi connectivity index (χ4n) is 4.16. The van der Waals surface area contributed by atoms with E-state index in [2.05, 4.69) is 35.1 Å². The van der Waals surface area contributed by atoms with Gasteiger partial charge in [0.25, 0.3) is 5.91 Å². The minimum atomic E-state index is -0.105. The number of amides is 1. The van der Waals surface area contributed by atoms with Crippen molar-refractivity contribution in [3.8, 4) is 17.2 Å². The number of methoxy groups -OCH3 is 3. The van der Waals surface area contributed by atoms with Gasteiger partial charge in [-0.05, 0) is 35.8 Å². The Labute approximate surface area is 176 Å². The minimum absolute atomic E-state index is 0.105. The van der Waals surface area contributed by atoms with Gasteiger partial charge in [-0.1, -0.05) is 25.1 Å². The van der Waals surface area contributed by atoms with Crippen LogP contribution in [0.25, 0.3) is 22.0 Å². The monoisotopic (exact) mass is 406 g/mol.